The highest BCUT2D eigenvalue weighted by molar-refractivity contribution is 5.97. The number of nitrogens with two attached hydrogens (primary N) is 2. The summed E-state index contributed by atoms with van der Waals surface area (Å²) in [4.78, 5) is 28.4. The number of ether oxygens (including phenoxy) is 1. The van der Waals surface area contributed by atoms with Crippen molar-refractivity contribution in [1.29, 1.82) is 0 Å². The van der Waals surface area contributed by atoms with Crippen molar-refractivity contribution in [2.24, 2.45) is 17.4 Å². The van der Waals surface area contributed by atoms with Crippen LogP contribution in [0.3, 0.4) is 0 Å². The van der Waals surface area contributed by atoms with Gasteiger partial charge in [-0.05, 0) is 30.5 Å². The number of nitrogens with zero attached hydrogens (tertiary/aromatic N) is 5. The molecule has 12 heteroatoms. The van der Waals surface area contributed by atoms with Crippen molar-refractivity contribution in [3.05, 3.63) is 66.5 Å². The van der Waals surface area contributed by atoms with Crippen molar-refractivity contribution in [2.75, 3.05) is 4.90 Å². The molecule has 36 heavy (non-hydrogen) atoms. The molecule has 4 aromatic rings. The Balaban J connectivity index is 1.54. The van der Waals surface area contributed by atoms with Crippen molar-refractivity contribution in [3.8, 4) is 22.8 Å². The summed E-state index contributed by atoms with van der Waals surface area (Å²) >= 11 is 0. The Bertz CT molecular complexity index is 1400. The van der Waals surface area contributed by atoms with E-state index >= 15 is 4.39 Å². The van der Waals surface area contributed by atoms with Gasteiger partial charge in [0.1, 0.15) is 18.0 Å². The van der Waals surface area contributed by atoms with Crippen molar-refractivity contribution in [1.82, 2.24) is 19.9 Å². The van der Waals surface area contributed by atoms with E-state index in [1.54, 1.807) is 24.4 Å². The van der Waals surface area contributed by atoms with Gasteiger partial charge >= 0.3 is 6.03 Å². The van der Waals surface area contributed by atoms with Gasteiger partial charge in [0.2, 0.25) is 11.8 Å². The van der Waals surface area contributed by atoms with E-state index in [1.807, 2.05) is 13.8 Å². The number of carbonyl (C=O) groups excluding carboxylic acids is 2. The Kier molecular flexibility index (Phi) is 6.95. The molecule has 0 fully saturated rings. The van der Waals surface area contributed by atoms with Crippen molar-refractivity contribution in [2.45, 2.75) is 26.8 Å². The van der Waals surface area contributed by atoms with Gasteiger partial charge in [0.05, 0.1) is 23.3 Å². The Labute approximate surface area is 205 Å². The average Bonchev–Trinajstić information content (AvgIpc) is 3.44. The number of amides is 3. The van der Waals surface area contributed by atoms with Gasteiger partial charge in [-0.1, -0.05) is 19.0 Å². The number of hydrogen-bond acceptors (Lipinski definition) is 7. The third kappa shape index (κ3) is 5.66. The van der Waals surface area contributed by atoms with Gasteiger partial charge in [-0.2, -0.15) is 5.10 Å². The molecule has 11 nitrogen and oxygen atoms in total. The predicted octanol–water partition coefficient (Wildman–Crippen LogP) is 3.77. The quantitative estimate of drug-likeness (QED) is 0.359. The fraction of sp³-hybridized carbons (Fsp3) is 0.208. The number of halogens is 1. The molecule has 0 radical (unpaired) electrons. The molecular formula is C24H24FN7O4. The molecule has 3 aromatic heterocycles. The third-order valence-electron chi connectivity index (χ3n) is 4.98. The van der Waals surface area contributed by atoms with Gasteiger partial charge in [-0.3, -0.25) is 14.5 Å². The van der Waals surface area contributed by atoms with E-state index in [-0.39, 0.29) is 23.9 Å². The van der Waals surface area contributed by atoms with Gasteiger partial charge in [-0.15, -0.1) is 0 Å². The molecule has 0 spiro atoms. The minimum Gasteiger partial charge on any atom is -0.457 e. The number of carbonyl (C=O) groups is 2. The largest absolute Gasteiger partial charge is 0.457 e. The number of rotatable bonds is 9. The Hall–Kier alpha value is -4.74. The number of aromatic nitrogens is 4. The van der Waals surface area contributed by atoms with Gasteiger partial charge in [0, 0.05) is 36.2 Å². The summed E-state index contributed by atoms with van der Waals surface area (Å²) in [6, 6.07) is 7.84. The first kappa shape index (κ1) is 24.4. The predicted molar refractivity (Wildman–Crippen MR) is 128 cm³/mol. The maximum Gasteiger partial charge on any atom is 0.326 e. The Morgan fingerprint density at radius 2 is 1.94 bits per heavy atom. The van der Waals surface area contributed by atoms with E-state index in [9.17, 15) is 9.59 Å². The van der Waals surface area contributed by atoms with E-state index in [2.05, 4.69) is 15.2 Å². The van der Waals surface area contributed by atoms with Crippen LogP contribution in [0.15, 0.2) is 59.5 Å². The van der Waals surface area contributed by atoms with Gasteiger partial charge < -0.3 is 20.7 Å². The molecule has 186 valence electrons. The Morgan fingerprint density at radius 1 is 1.17 bits per heavy atom. The number of pyridine rings is 1. The minimum absolute atomic E-state index is 0.0152. The molecule has 0 aliphatic heterocycles. The van der Waals surface area contributed by atoms with Crippen LogP contribution in [0.1, 0.15) is 19.5 Å². The topological polar surface area (TPSA) is 155 Å². The van der Waals surface area contributed by atoms with Crippen LogP contribution in [0.25, 0.3) is 11.3 Å². The highest BCUT2D eigenvalue weighted by Crippen LogP contribution is 2.33. The first-order valence-corrected chi connectivity index (χ1v) is 11.0. The second-order valence-corrected chi connectivity index (χ2v) is 8.41. The molecule has 0 saturated carbocycles. The van der Waals surface area contributed by atoms with E-state index in [0.29, 0.717) is 35.0 Å². The van der Waals surface area contributed by atoms with Crippen LogP contribution in [-0.4, -0.2) is 31.9 Å². The second kappa shape index (κ2) is 10.3. The molecule has 0 bridgehead atoms. The van der Waals surface area contributed by atoms with Crippen molar-refractivity contribution < 1.29 is 23.2 Å². The Morgan fingerprint density at radius 3 is 2.64 bits per heavy atom. The average molecular weight is 493 g/mol. The fourth-order valence-corrected chi connectivity index (χ4v) is 3.51. The van der Waals surface area contributed by atoms with Crippen LogP contribution in [0.5, 0.6) is 11.5 Å². The first-order valence-electron chi connectivity index (χ1n) is 11.0. The SMILES string of the molecule is CC(C)Cc1cc(N(C(N)=O)c2ccc(Oc3ccnc(-c4cnn(CC(N)=O)c4)c3)cc2F)on1. The van der Waals surface area contributed by atoms with E-state index in [1.165, 1.54) is 29.2 Å². The smallest absolute Gasteiger partial charge is 0.326 e. The van der Waals surface area contributed by atoms with Crippen LogP contribution in [0.4, 0.5) is 20.8 Å². The lowest BCUT2D eigenvalue weighted by Crippen LogP contribution is -2.31. The first-order chi connectivity index (χ1) is 17.2. The second-order valence-electron chi connectivity index (χ2n) is 8.41. The molecule has 4 rings (SSSR count). The number of benzene rings is 1. The normalized spacial score (nSPS) is 11.0. The summed E-state index contributed by atoms with van der Waals surface area (Å²) in [7, 11) is 0. The monoisotopic (exact) mass is 493 g/mol. The van der Waals surface area contributed by atoms with Crippen LogP contribution in [0, 0.1) is 11.7 Å². The molecule has 1 aromatic carbocycles. The maximum atomic E-state index is 15.1. The van der Waals surface area contributed by atoms with Crippen LogP contribution < -0.4 is 21.1 Å². The number of urea groups is 1. The molecule has 0 aliphatic carbocycles. The summed E-state index contributed by atoms with van der Waals surface area (Å²) in [5.41, 5.74) is 12.4. The lowest BCUT2D eigenvalue weighted by atomic mass is 10.1. The molecule has 4 N–H and O–H groups in total. The zero-order chi connectivity index (χ0) is 25.8. The van der Waals surface area contributed by atoms with Gasteiger partial charge in [0.15, 0.2) is 5.82 Å². The summed E-state index contributed by atoms with van der Waals surface area (Å²) in [6.07, 6.45) is 5.32. The number of anilines is 2. The van der Waals surface area contributed by atoms with E-state index < -0.39 is 17.8 Å². The maximum absolute atomic E-state index is 15.1. The highest BCUT2D eigenvalue weighted by Gasteiger charge is 2.24. The zero-order valence-electron chi connectivity index (χ0n) is 19.6. The fourth-order valence-electron chi connectivity index (χ4n) is 3.51. The summed E-state index contributed by atoms with van der Waals surface area (Å²) in [6.45, 7) is 3.97. The standard InChI is InChI=1S/C24H24FN7O4/c1-14(2)7-16-8-23(36-30-16)32(24(27)34)21-4-3-17(9-19(21)25)35-18-5-6-28-20(10-18)15-11-29-31(12-15)13-22(26)33/h3-6,8-12,14H,7,13H2,1-2H3,(H2,26,33)(H2,27,34). The van der Waals surface area contributed by atoms with Crippen molar-refractivity contribution in [3.63, 3.8) is 0 Å². The number of hydrogen-bond donors (Lipinski definition) is 2. The zero-order valence-corrected chi connectivity index (χ0v) is 19.6. The third-order valence-corrected chi connectivity index (χ3v) is 4.98. The molecule has 0 atom stereocenters. The van der Waals surface area contributed by atoms with Crippen molar-refractivity contribution >= 4 is 23.5 Å². The van der Waals surface area contributed by atoms with Gasteiger partial charge in [0.25, 0.3) is 0 Å². The molecule has 0 unspecified atom stereocenters. The van der Waals surface area contributed by atoms with Crippen LogP contribution >= 0.6 is 0 Å². The minimum atomic E-state index is -0.925. The lowest BCUT2D eigenvalue weighted by molar-refractivity contribution is -0.118. The summed E-state index contributed by atoms with van der Waals surface area (Å²) in [5, 5.41) is 8.00. The highest BCUT2D eigenvalue weighted by atomic mass is 19.1. The molecule has 0 aliphatic rings. The lowest BCUT2D eigenvalue weighted by Gasteiger charge is -2.18. The van der Waals surface area contributed by atoms with Crippen LogP contribution in [-0.2, 0) is 17.8 Å². The molecule has 3 amide bonds. The summed E-state index contributed by atoms with van der Waals surface area (Å²) in [5.74, 6) is -0.375. The molecular weight excluding hydrogens is 469 g/mol. The van der Waals surface area contributed by atoms with E-state index in [0.717, 1.165) is 11.0 Å². The molecule has 0 saturated heterocycles. The van der Waals surface area contributed by atoms with E-state index in [4.69, 9.17) is 20.7 Å². The molecule has 3 heterocycles. The van der Waals surface area contributed by atoms with Gasteiger partial charge in [-0.25, -0.2) is 14.1 Å². The van der Waals surface area contributed by atoms with Crippen LogP contribution in [0.2, 0.25) is 0 Å². The summed E-state index contributed by atoms with van der Waals surface area (Å²) < 4.78 is 27.5. The number of primary amides is 2.